The molecule has 0 spiro atoms. The Kier molecular flexibility index (Phi) is 5.42. The van der Waals surface area contributed by atoms with Crippen LogP contribution in [0.15, 0.2) is 0 Å². The van der Waals surface area contributed by atoms with Gasteiger partial charge in [0.05, 0.1) is 5.56 Å². The zero-order valence-electron chi connectivity index (χ0n) is 14.6. The van der Waals surface area contributed by atoms with E-state index in [1.807, 2.05) is 6.92 Å². The lowest BCUT2D eigenvalue weighted by atomic mass is 9.85. The standard InChI is InChI=1S/C18H15F5N2O2S/c1-2-6-3-4-7-8(5-6)28-18(9(7)16(24)26)25-17(27)10-11(19)13(21)15(23)14(22)12(10)20/h6H,2-5H2,1H3,(H2,24,26)(H,25,27). The first kappa shape index (κ1) is 20.2. The van der Waals surface area contributed by atoms with Gasteiger partial charge in [-0.2, -0.15) is 0 Å². The highest BCUT2D eigenvalue weighted by Crippen LogP contribution is 2.40. The number of benzene rings is 1. The highest BCUT2D eigenvalue weighted by Gasteiger charge is 2.32. The third-order valence-corrected chi connectivity index (χ3v) is 6.02. The number of carbonyl (C=O) groups is 2. The van der Waals surface area contributed by atoms with Gasteiger partial charge in [-0.3, -0.25) is 9.59 Å². The summed E-state index contributed by atoms with van der Waals surface area (Å²) in [5.74, 6) is -13.3. The molecule has 28 heavy (non-hydrogen) atoms. The van der Waals surface area contributed by atoms with Gasteiger partial charge in [-0.25, -0.2) is 22.0 Å². The van der Waals surface area contributed by atoms with E-state index in [1.54, 1.807) is 0 Å². The molecular formula is C18H15F5N2O2S. The fraction of sp³-hybridized carbons (Fsp3) is 0.333. The van der Waals surface area contributed by atoms with Crippen LogP contribution in [0.25, 0.3) is 0 Å². The molecule has 2 amide bonds. The van der Waals surface area contributed by atoms with Gasteiger partial charge < -0.3 is 11.1 Å². The Bertz CT molecular complexity index is 960. The first-order valence-corrected chi connectivity index (χ1v) is 9.26. The number of anilines is 1. The van der Waals surface area contributed by atoms with Gasteiger partial charge in [0.25, 0.3) is 11.8 Å². The van der Waals surface area contributed by atoms with Crippen molar-refractivity contribution in [1.82, 2.24) is 0 Å². The lowest BCUT2D eigenvalue weighted by Crippen LogP contribution is -2.22. The molecule has 0 bridgehead atoms. The average molecular weight is 418 g/mol. The number of nitrogens with two attached hydrogens (primary N) is 1. The number of fused-ring (bicyclic) bond motifs is 1. The summed E-state index contributed by atoms with van der Waals surface area (Å²) in [4.78, 5) is 25.0. The van der Waals surface area contributed by atoms with Crippen LogP contribution in [0.2, 0.25) is 0 Å². The Morgan fingerprint density at radius 3 is 2.14 bits per heavy atom. The van der Waals surface area contributed by atoms with Crippen molar-refractivity contribution in [3.8, 4) is 0 Å². The van der Waals surface area contributed by atoms with Gasteiger partial charge in [-0.1, -0.05) is 13.3 Å². The molecule has 1 aliphatic carbocycles. The van der Waals surface area contributed by atoms with E-state index in [0.717, 1.165) is 29.1 Å². The van der Waals surface area contributed by atoms with Crippen LogP contribution >= 0.6 is 11.3 Å². The Balaban J connectivity index is 2.03. The lowest BCUT2D eigenvalue weighted by Gasteiger charge is -2.20. The minimum absolute atomic E-state index is 0.00627. The lowest BCUT2D eigenvalue weighted by molar-refractivity contribution is 0.1000. The molecule has 4 nitrogen and oxygen atoms in total. The van der Waals surface area contributed by atoms with E-state index in [4.69, 9.17) is 5.73 Å². The van der Waals surface area contributed by atoms with E-state index in [0.29, 0.717) is 24.3 Å². The number of primary amides is 1. The van der Waals surface area contributed by atoms with Crippen molar-refractivity contribution >= 4 is 28.2 Å². The summed E-state index contributed by atoms with van der Waals surface area (Å²) in [6, 6.07) is 0. The third kappa shape index (κ3) is 3.25. The second kappa shape index (κ2) is 7.50. The van der Waals surface area contributed by atoms with Crippen molar-refractivity contribution in [3.05, 3.63) is 50.7 Å². The van der Waals surface area contributed by atoms with E-state index >= 15 is 0 Å². The van der Waals surface area contributed by atoms with Gasteiger partial charge in [-0.05, 0) is 30.7 Å². The first-order valence-electron chi connectivity index (χ1n) is 8.44. The summed E-state index contributed by atoms with van der Waals surface area (Å²) in [6.45, 7) is 2.02. The monoisotopic (exact) mass is 418 g/mol. The molecule has 3 N–H and O–H groups in total. The van der Waals surface area contributed by atoms with Crippen LogP contribution in [0.5, 0.6) is 0 Å². The van der Waals surface area contributed by atoms with Crippen molar-refractivity contribution in [1.29, 1.82) is 0 Å². The van der Waals surface area contributed by atoms with Gasteiger partial charge in [0.15, 0.2) is 23.3 Å². The van der Waals surface area contributed by atoms with Crippen LogP contribution in [-0.2, 0) is 12.8 Å². The Morgan fingerprint density at radius 2 is 1.61 bits per heavy atom. The first-order chi connectivity index (χ1) is 13.2. The fourth-order valence-corrected chi connectivity index (χ4v) is 4.68. The largest absolute Gasteiger partial charge is 0.365 e. The van der Waals surface area contributed by atoms with E-state index < -0.39 is 46.5 Å². The molecule has 0 fully saturated rings. The van der Waals surface area contributed by atoms with E-state index in [-0.39, 0.29) is 10.6 Å². The molecule has 0 radical (unpaired) electrons. The van der Waals surface area contributed by atoms with Crippen LogP contribution in [-0.4, -0.2) is 11.8 Å². The Morgan fingerprint density at radius 1 is 1.04 bits per heavy atom. The van der Waals surface area contributed by atoms with Crippen molar-refractivity contribution in [2.45, 2.75) is 32.6 Å². The summed E-state index contributed by atoms with van der Waals surface area (Å²) < 4.78 is 67.6. The number of carbonyl (C=O) groups excluding carboxylic acids is 2. The summed E-state index contributed by atoms with van der Waals surface area (Å²) in [5.41, 5.74) is 4.42. The molecule has 2 aromatic rings. The van der Waals surface area contributed by atoms with E-state index in [2.05, 4.69) is 5.32 Å². The highest BCUT2D eigenvalue weighted by molar-refractivity contribution is 7.17. The topological polar surface area (TPSA) is 72.2 Å². The minimum Gasteiger partial charge on any atom is -0.365 e. The maximum absolute atomic E-state index is 13.9. The number of rotatable bonds is 4. The van der Waals surface area contributed by atoms with Gasteiger partial charge in [0.1, 0.15) is 10.6 Å². The Hall–Kier alpha value is -2.49. The fourth-order valence-electron chi connectivity index (χ4n) is 3.32. The zero-order valence-corrected chi connectivity index (χ0v) is 15.4. The minimum atomic E-state index is -2.36. The Labute approximate surface area is 160 Å². The summed E-state index contributed by atoms with van der Waals surface area (Å²) in [6.07, 6.45) is 2.91. The van der Waals surface area contributed by atoms with Crippen LogP contribution in [0.4, 0.5) is 27.0 Å². The number of nitrogens with one attached hydrogen (secondary N) is 1. The molecular weight excluding hydrogens is 403 g/mol. The molecule has 3 rings (SSSR count). The van der Waals surface area contributed by atoms with Crippen LogP contribution in [0, 0.1) is 35.0 Å². The number of hydrogen-bond acceptors (Lipinski definition) is 3. The molecule has 1 atom stereocenters. The zero-order chi connectivity index (χ0) is 20.7. The molecule has 1 unspecified atom stereocenters. The van der Waals surface area contributed by atoms with Gasteiger partial charge in [0.2, 0.25) is 5.82 Å². The average Bonchev–Trinajstić information content (AvgIpc) is 3.01. The number of halogens is 5. The number of hydrogen-bond donors (Lipinski definition) is 2. The highest BCUT2D eigenvalue weighted by atomic mass is 32.1. The molecule has 1 aromatic heterocycles. The predicted molar refractivity (Wildman–Crippen MR) is 92.8 cm³/mol. The predicted octanol–water partition coefficient (Wildman–Crippen LogP) is 4.31. The molecule has 0 saturated heterocycles. The maximum Gasteiger partial charge on any atom is 0.262 e. The molecule has 0 saturated carbocycles. The second-order valence-electron chi connectivity index (χ2n) is 6.49. The summed E-state index contributed by atoms with van der Waals surface area (Å²) >= 11 is 1.02. The van der Waals surface area contributed by atoms with E-state index in [1.165, 1.54) is 0 Å². The summed E-state index contributed by atoms with van der Waals surface area (Å²) in [7, 11) is 0. The van der Waals surface area contributed by atoms with Gasteiger partial charge in [-0.15, -0.1) is 11.3 Å². The molecule has 1 heterocycles. The van der Waals surface area contributed by atoms with Crippen molar-refractivity contribution < 1.29 is 31.5 Å². The van der Waals surface area contributed by atoms with Crippen LogP contribution < -0.4 is 11.1 Å². The van der Waals surface area contributed by atoms with Gasteiger partial charge >= 0.3 is 0 Å². The molecule has 0 aliphatic heterocycles. The summed E-state index contributed by atoms with van der Waals surface area (Å²) in [5, 5.41) is 2.03. The normalized spacial score (nSPS) is 16.0. The van der Waals surface area contributed by atoms with Crippen molar-refractivity contribution in [2.75, 3.05) is 5.32 Å². The van der Waals surface area contributed by atoms with Crippen LogP contribution in [0.1, 0.15) is 50.9 Å². The maximum atomic E-state index is 13.9. The van der Waals surface area contributed by atoms with Crippen molar-refractivity contribution in [3.63, 3.8) is 0 Å². The quantitative estimate of drug-likeness (QED) is 0.441. The second-order valence-corrected chi connectivity index (χ2v) is 7.59. The van der Waals surface area contributed by atoms with Crippen molar-refractivity contribution in [2.24, 2.45) is 11.7 Å². The molecule has 1 aliphatic rings. The number of amides is 2. The van der Waals surface area contributed by atoms with E-state index in [9.17, 15) is 31.5 Å². The smallest absolute Gasteiger partial charge is 0.262 e. The molecule has 1 aromatic carbocycles. The van der Waals surface area contributed by atoms with Gasteiger partial charge in [0, 0.05) is 4.88 Å². The molecule has 150 valence electrons. The van der Waals surface area contributed by atoms with Crippen LogP contribution in [0.3, 0.4) is 0 Å². The SMILES string of the molecule is CCC1CCc2c(sc(NC(=O)c3c(F)c(F)c(F)c(F)c3F)c2C(N)=O)C1. The third-order valence-electron chi connectivity index (χ3n) is 4.86. The number of thiophene rings is 1. The molecule has 10 heteroatoms.